The quantitative estimate of drug-likeness (QED) is 0.908. The van der Waals surface area contributed by atoms with Crippen molar-refractivity contribution in [3.8, 4) is 0 Å². The van der Waals surface area contributed by atoms with Crippen LogP contribution < -0.4 is 9.62 Å². The first-order valence-electron chi connectivity index (χ1n) is 8.38. The second kappa shape index (κ2) is 6.88. The van der Waals surface area contributed by atoms with Crippen molar-refractivity contribution in [2.45, 2.75) is 26.2 Å². The minimum atomic E-state index is -3.20. The van der Waals surface area contributed by atoms with E-state index in [9.17, 15) is 13.2 Å². The highest BCUT2D eigenvalue weighted by Gasteiger charge is 2.28. The van der Waals surface area contributed by atoms with Crippen LogP contribution in [0.25, 0.3) is 0 Å². The Balaban J connectivity index is 1.70. The summed E-state index contributed by atoms with van der Waals surface area (Å²) in [6, 6.07) is 14.4. The molecule has 0 aromatic heterocycles. The van der Waals surface area contributed by atoms with E-state index in [-0.39, 0.29) is 11.7 Å². The number of hydrogen-bond acceptors (Lipinski definition) is 3. The van der Waals surface area contributed by atoms with E-state index in [4.69, 9.17) is 0 Å². The molecule has 6 heteroatoms. The fourth-order valence-electron chi connectivity index (χ4n) is 2.86. The molecule has 1 heterocycles. The number of nitrogens with zero attached hydrogens (tertiary/aromatic N) is 1. The Hall–Kier alpha value is -2.34. The van der Waals surface area contributed by atoms with Crippen molar-refractivity contribution in [2.75, 3.05) is 21.9 Å². The Morgan fingerprint density at radius 3 is 2.20 bits per heavy atom. The van der Waals surface area contributed by atoms with Gasteiger partial charge in [-0.3, -0.25) is 9.10 Å². The molecular formula is C19H22N2O3S. The van der Waals surface area contributed by atoms with Gasteiger partial charge in [0.2, 0.25) is 10.0 Å². The Morgan fingerprint density at radius 2 is 1.68 bits per heavy atom. The molecule has 1 amide bonds. The van der Waals surface area contributed by atoms with Gasteiger partial charge in [0.25, 0.3) is 5.91 Å². The standard InChI is InChI=1S/C19H22N2O3S/c1-14(2)15-4-8-17(9-5-15)20-19(22)16-6-10-18(11-7-16)21-12-3-13-25(21,23)24/h4-11,14H,3,12-13H2,1-2H3,(H,20,22). The predicted molar refractivity (Wildman–Crippen MR) is 101 cm³/mol. The normalized spacial score (nSPS) is 16.2. The van der Waals surface area contributed by atoms with Gasteiger partial charge in [-0.15, -0.1) is 0 Å². The zero-order valence-corrected chi connectivity index (χ0v) is 15.2. The van der Waals surface area contributed by atoms with Gasteiger partial charge in [-0.1, -0.05) is 26.0 Å². The number of carbonyl (C=O) groups excluding carboxylic acids is 1. The topological polar surface area (TPSA) is 66.5 Å². The number of benzene rings is 2. The molecule has 1 fully saturated rings. The molecule has 25 heavy (non-hydrogen) atoms. The van der Waals surface area contributed by atoms with Crippen LogP contribution in [-0.4, -0.2) is 26.6 Å². The molecule has 0 bridgehead atoms. The van der Waals surface area contributed by atoms with Crippen molar-refractivity contribution >= 4 is 27.3 Å². The lowest BCUT2D eigenvalue weighted by atomic mass is 10.0. The van der Waals surface area contributed by atoms with Crippen molar-refractivity contribution < 1.29 is 13.2 Å². The van der Waals surface area contributed by atoms with E-state index >= 15 is 0 Å². The van der Waals surface area contributed by atoms with Crippen LogP contribution in [0, 0.1) is 0 Å². The lowest BCUT2D eigenvalue weighted by Crippen LogP contribution is -2.25. The molecule has 0 aliphatic carbocycles. The molecule has 5 nitrogen and oxygen atoms in total. The van der Waals surface area contributed by atoms with Crippen molar-refractivity contribution in [1.29, 1.82) is 0 Å². The molecule has 1 aliphatic heterocycles. The fourth-order valence-corrected chi connectivity index (χ4v) is 4.43. The van der Waals surface area contributed by atoms with Crippen molar-refractivity contribution in [2.24, 2.45) is 0 Å². The second-order valence-corrected chi connectivity index (χ2v) is 8.53. The summed E-state index contributed by atoms with van der Waals surface area (Å²) < 4.78 is 25.3. The lowest BCUT2D eigenvalue weighted by molar-refractivity contribution is 0.102. The van der Waals surface area contributed by atoms with E-state index in [0.29, 0.717) is 30.1 Å². The smallest absolute Gasteiger partial charge is 0.255 e. The molecule has 2 aromatic carbocycles. The summed E-state index contributed by atoms with van der Waals surface area (Å²) in [5.74, 6) is 0.411. The van der Waals surface area contributed by atoms with Gasteiger partial charge >= 0.3 is 0 Å². The zero-order chi connectivity index (χ0) is 18.0. The van der Waals surface area contributed by atoms with Crippen LogP contribution in [0.15, 0.2) is 48.5 Å². The third-order valence-corrected chi connectivity index (χ3v) is 6.22. The van der Waals surface area contributed by atoms with Crippen LogP contribution in [0.4, 0.5) is 11.4 Å². The maximum atomic E-state index is 12.3. The Morgan fingerprint density at radius 1 is 1.04 bits per heavy atom. The molecule has 1 N–H and O–H groups in total. The van der Waals surface area contributed by atoms with Crippen LogP contribution in [0.3, 0.4) is 0 Å². The zero-order valence-electron chi connectivity index (χ0n) is 14.4. The van der Waals surface area contributed by atoms with E-state index in [0.717, 1.165) is 5.69 Å². The van der Waals surface area contributed by atoms with Crippen molar-refractivity contribution in [1.82, 2.24) is 0 Å². The van der Waals surface area contributed by atoms with E-state index in [2.05, 4.69) is 19.2 Å². The Kier molecular flexibility index (Phi) is 4.81. The number of amides is 1. The minimum absolute atomic E-state index is 0.182. The van der Waals surface area contributed by atoms with Crippen LogP contribution in [-0.2, 0) is 10.0 Å². The summed E-state index contributed by atoms with van der Waals surface area (Å²) >= 11 is 0. The van der Waals surface area contributed by atoms with Gasteiger partial charge in [0.1, 0.15) is 0 Å². The average molecular weight is 358 g/mol. The fraction of sp³-hybridized carbons (Fsp3) is 0.316. The molecule has 1 aliphatic rings. The summed E-state index contributed by atoms with van der Waals surface area (Å²) in [4.78, 5) is 12.3. The van der Waals surface area contributed by atoms with E-state index in [1.165, 1.54) is 9.87 Å². The molecular weight excluding hydrogens is 336 g/mol. The van der Waals surface area contributed by atoms with E-state index in [1.54, 1.807) is 24.3 Å². The monoisotopic (exact) mass is 358 g/mol. The highest BCUT2D eigenvalue weighted by Crippen LogP contribution is 2.24. The minimum Gasteiger partial charge on any atom is -0.322 e. The van der Waals surface area contributed by atoms with Gasteiger partial charge in [0.15, 0.2) is 0 Å². The number of nitrogens with one attached hydrogen (secondary N) is 1. The molecule has 0 saturated carbocycles. The van der Waals surface area contributed by atoms with Gasteiger partial charge in [0.05, 0.1) is 11.4 Å². The van der Waals surface area contributed by atoms with Gasteiger partial charge in [-0.05, 0) is 54.3 Å². The Labute approximate surface area is 148 Å². The molecule has 0 atom stereocenters. The summed E-state index contributed by atoms with van der Waals surface area (Å²) in [6.45, 7) is 4.74. The third kappa shape index (κ3) is 3.85. The van der Waals surface area contributed by atoms with Gasteiger partial charge < -0.3 is 5.32 Å². The number of sulfonamides is 1. The molecule has 0 radical (unpaired) electrons. The van der Waals surface area contributed by atoms with Crippen molar-refractivity contribution in [3.63, 3.8) is 0 Å². The average Bonchev–Trinajstić information content (AvgIpc) is 2.94. The highest BCUT2D eigenvalue weighted by molar-refractivity contribution is 7.93. The van der Waals surface area contributed by atoms with Crippen molar-refractivity contribution in [3.05, 3.63) is 59.7 Å². The van der Waals surface area contributed by atoms with Crippen LogP contribution >= 0.6 is 0 Å². The SMILES string of the molecule is CC(C)c1ccc(NC(=O)c2ccc(N3CCCS3(=O)=O)cc2)cc1. The van der Waals surface area contributed by atoms with Crippen LogP contribution in [0.2, 0.25) is 0 Å². The molecule has 3 rings (SSSR count). The summed E-state index contributed by atoms with van der Waals surface area (Å²) in [5, 5.41) is 2.86. The number of rotatable bonds is 4. The number of anilines is 2. The van der Waals surface area contributed by atoms with Crippen LogP contribution in [0.1, 0.15) is 42.1 Å². The summed E-state index contributed by atoms with van der Waals surface area (Å²) in [7, 11) is -3.20. The maximum absolute atomic E-state index is 12.3. The number of hydrogen-bond donors (Lipinski definition) is 1. The molecule has 2 aromatic rings. The van der Waals surface area contributed by atoms with Gasteiger partial charge in [-0.2, -0.15) is 0 Å². The van der Waals surface area contributed by atoms with Gasteiger partial charge in [-0.25, -0.2) is 8.42 Å². The summed E-state index contributed by atoms with van der Waals surface area (Å²) in [5.41, 5.74) is 3.05. The summed E-state index contributed by atoms with van der Waals surface area (Å²) in [6.07, 6.45) is 0.636. The molecule has 132 valence electrons. The number of carbonyl (C=O) groups is 1. The van der Waals surface area contributed by atoms with Crippen LogP contribution in [0.5, 0.6) is 0 Å². The molecule has 0 unspecified atom stereocenters. The third-order valence-electron chi connectivity index (χ3n) is 4.35. The first-order chi connectivity index (χ1) is 11.9. The maximum Gasteiger partial charge on any atom is 0.255 e. The van der Waals surface area contributed by atoms with Gasteiger partial charge in [0, 0.05) is 17.8 Å². The Bertz CT molecular complexity index is 857. The first kappa shape index (κ1) is 17.5. The molecule has 1 saturated heterocycles. The lowest BCUT2D eigenvalue weighted by Gasteiger charge is -2.17. The second-order valence-electron chi connectivity index (χ2n) is 6.52. The molecule has 0 spiro atoms. The highest BCUT2D eigenvalue weighted by atomic mass is 32.2. The predicted octanol–water partition coefficient (Wildman–Crippen LogP) is 3.60. The van der Waals surface area contributed by atoms with E-state index < -0.39 is 10.0 Å². The van der Waals surface area contributed by atoms with E-state index in [1.807, 2.05) is 24.3 Å². The first-order valence-corrected chi connectivity index (χ1v) is 9.99. The largest absolute Gasteiger partial charge is 0.322 e.